The number of unbranched alkanes of at least 4 members (excludes halogenated alkanes) is 5. The molecule has 0 aromatic carbocycles. The van der Waals surface area contributed by atoms with Gasteiger partial charge >= 0.3 is 0 Å². The molecule has 1 aromatic heterocycles. The molecule has 1 aromatic rings. The second-order valence-corrected chi connectivity index (χ2v) is 6.71. The van der Waals surface area contributed by atoms with E-state index in [1.165, 1.54) is 32.1 Å². The summed E-state index contributed by atoms with van der Waals surface area (Å²) in [6, 6.07) is 1.97. The Morgan fingerprint density at radius 1 is 1.14 bits per heavy atom. The van der Waals surface area contributed by atoms with Gasteiger partial charge in [0.15, 0.2) is 5.76 Å². The number of ether oxygens (including phenoxy) is 1. The van der Waals surface area contributed by atoms with E-state index in [4.69, 9.17) is 9.26 Å². The Balaban J connectivity index is 2.06. The Labute approximate surface area is 129 Å². The molecule has 122 valence electrons. The van der Waals surface area contributed by atoms with Gasteiger partial charge in [0.2, 0.25) is 0 Å². The van der Waals surface area contributed by atoms with E-state index in [1.54, 1.807) is 0 Å². The molecule has 21 heavy (non-hydrogen) atoms. The summed E-state index contributed by atoms with van der Waals surface area (Å²) in [4.78, 5) is 0. The van der Waals surface area contributed by atoms with Gasteiger partial charge in [-0.3, -0.25) is 0 Å². The fraction of sp³-hybridized carbons (Fsp3) is 0.824. The number of rotatable bonds is 11. The summed E-state index contributed by atoms with van der Waals surface area (Å²) in [5.41, 5.74) is 1.02. The van der Waals surface area contributed by atoms with Gasteiger partial charge in [-0.25, -0.2) is 0 Å². The molecule has 4 heteroatoms. The number of nitrogens with zero attached hydrogens (tertiary/aromatic N) is 1. The highest BCUT2D eigenvalue weighted by Crippen LogP contribution is 2.09. The predicted molar refractivity (Wildman–Crippen MR) is 86.1 cm³/mol. The van der Waals surface area contributed by atoms with Crippen molar-refractivity contribution in [1.29, 1.82) is 0 Å². The smallest absolute Gasteiger partial charge is 0.162 e. The third-order valence-corrected chi connectivity index (χ3v) is 3.29. The van der Waals surface area contributed by atoms with Gasteiger partial charge in [-0.1, -0.05) is 44.2 Å². The van der Waals surface area contributed by atoms with Gasteiger partial charge in [0.05, 0.1) is 5.69 Å². The summed E-state index contributed by atoms with van der Waals surface area (Å²) in [5, 5.41) is 7.44. The highest BCUT2D eigenvalue weighted by Gasteiger charge is 2.10. The number of aromatic nitrogens is 1. The lowest BCUT2D eigenvalue weighted by atomic mass is 10.1. The molecule has 0 spiro atoms. The summed E-state index contributed by atoms with van der Waals surface area (Å²) in [6.45, 7) is 10.7. The largest absolute Gasteiger partial charge is 0.373 e. The van der Waals surface area contributed by atoms with Crippen LogP contribution >= 0.6 is 0 Å². The second kappa shape index (κ2) is 9.96. The molecule has 0 atom stereocenters. The van der Waals surface area contributed by atoms with Gasteiger partial charge in [-0.2, -0.15) is 0 Å². The zero-order valence-electron chi connectivity index (χ0n) is 14.2. The van der Waals surface area contributed by atoms with E-state index < -0.39 is 0 Å². The standard InChI is InChI=1S/C17H32N2O2/c1-5-6-7-8-9-10-11-20-14-16-12-15(19-21-16)13-18-17(2,3)4/h12,18H,5-11,13-14H2,1-4H3. The second-order valence-electron chi connectivity index (χ2n) is 6.71. The van der Waals surface area contributed by atoms with Crippen LogP contribution in [0, 0.1) is 0 Å². The highest BCUT2D eigenvalue weighted by molar-refractivity contribution is 5.04. The zero-order valence-corrected chi connectivity index (χ0v) is 14.2. The zero-order chi connectivity index (χ0) is 15.6. The molecule has 1 heterocycles. The molecule has 0 unspecified atom stereocenters. The Hall–Kier alpha value is -0.870. The van der Waals surface area contributed by atoms with Crippen LogP contribution in [0.2, 0.25) is 0 Å². The lowest BCUT2D eigenvalue weighted by Crippen LogP contribution is -2.35. The van der Waals surface area contributed by atoms with Gasteiger partial charge in [0.1, 0.15) is 6.61 Å². The normalized spacial score (nSPS) is 12.0. The maximum atomic E-state index is 5.63. The molecule has 0 fully saturated rings. The molecule has 0 bridgehead atoms. The lowest BCUT2D eigenvalue weighted by molar-refractivity contribution is 0.0975. The Bertz CT molecular complexity index is 369. The van der Waals surface area contributed by atoms with Crippen LogP contribution in [0.25, 0.3) is 0 Å². The van der Waals surface area contributed by atoms with Crippen LogP contribution in [0.3, 0.4) is 0 Å². The van der Waals surface area contributed by atoms with Crippen LogP contribution in [-0.4, -0.2) is 17.3 Å². The van der Waals surface area contributed by atoms with Crippen molar-refractivity contribution in [2.75, 3.05) is 6.61 Å². The average molecular weight is 296 g/mol. The highest BCUT2D eigenvalue weighted by atomic mass is 16.5. The van der Waals surface area contributed by atoms with Gasteiger partial charge in [0.25, 0.3) is 0 Å². The van der Waals surface area contributed by atoms with E-state index in [1.807, 2.05) is 6.07 Å². The van der Waals surface area contributed by atoms with Gasteiger partial charge < -0.3 is 14.6 Å². The van der Waals surface area contributed by atoms with E-state index in [9.17, 15) is 0 Å². The molecule has 0 radical (unpaired) electrons. The lowest BCUT2D eigenvalue weighted by Gasteiger charge is -2.19. The summed E-state index contributed by atoms with van der Waals surface area (Å²) < 4.78 is 10.9. The fourth-order valence-electron chi connectivity index (χ4n) is 2.02. The summed E-state index contributed by atoms with van der Waals surface area (Å²) in [6.07, 6.45) is 7.72. The van der Waals surface area contributed by atoms with Crippen LogP contribution in [0.1, 0.15) is 77.7 Å². The van der Waals surface area contributed by atoms with Crippen molar-refractivity contribution >= 4 is 0 Å². The van der Waals surface area contributed by atoms with Crippen molar-refractivity contribution in [3.8, 4) is 0 Å². The maximum absolute atomic E-state index is 5.63. The molecule has 1 N–H and O–H groups in total. The maximum Gasteiger partial charge on any atom is 0.162 e. The third kappa shape index (κ3) is 9.64. The van der Waals surface area contributed by atoms with Crippen LogP contribution in [0.15, 0.2) is 10.6 Å². The first-order valence-electron chi connectivity index (χ1n) is 8.28. The Kier molecular flexibility index (Phi) is 8.62. The van der Waals surface area contributed by atoms with Crippen LogP contribution < -0.4 is 5.32 Å². The predicted octanol–water partition coefficient (Wildman–Crippen LogP) is 4.44. The van der Waals surface area contributed by atoms with Crippen molar-refractivity contribution in [3.05, 3.63) is 17.5 Å². The fourth-order valence-corrected chi connectivity index (χ4v) is 2.02. The van der Waals surface area contributed by atoms with Gasteiger partial charge in [-0.05, 0) is 27.2 Å². The van der Waals surface area contributed by atoms with E-state index in [0.717, 1.165) is 31.0 Å². The minimum atomic E-state index is 0.0907. The van der Waals surface area contributed by atoms with E-state index in [2.05, 4.69) is 38.2 Å². The number of nitrogens with one attached hydrogen (secondary N) is 1. The molecule has 0 aliphatic carbocycles. The van der Waals surface area contributed by atoms with Crippen LogP contribution in [-0.2, 0) is 17.9 Å². The van der Waals surface area contributed by atoms with Crippen molar-refractivity contribution in [1.82, 2.24) is 10.5 Å². The first-order valence-corrected chi connectivity index (χ1v) is 8.28. The molecular weight excluding hydrogens is 264 g/mol. The van der Waals surface area contributed by atoms with E-state index in [0.29, 0.717) is 6.61 Å². The Morgan fingerprint density at radius 2 is 1.86 bits per heavy atom. The summed E-state index contributed by atoms with van der Waals surface area (Å²) in [5.74, 6) is 0.812. The quantitative estimate of drug-likeness (QED) is 0.613. The minimum absolute atomic E-state index is 0.0907. The average Bonchev–Trinajstić information content (AvgIpc) is 2.87. The van der Waals surface area contributed by atoms with Crippen LogP contribution in [0.5, 0.6) is 0 Å². The summed E-state index contributed by atoms with van der Waals surface area (Å²) >= 11 is 0. The van der Waals surface area contributed by atoms with Crippen molar-refractivity contribution in [3.63, 3.8) is 0 Å². The van der Waals surface area contributed by atoms with Crippen molar-refractivity contribution in [2.45, 2.75) is 84.9 Å². The molecule has 1 rings (SSSR count). The monoisotopic (exact) mass is 296 g/mol. The molecule has 0 aliphatic rings. The minimum Gasteiger partial charge on any atom is -0.373 e. The number of hydrogen-bond donors (Lipinski definition) is 1. The van der Waals surface area contributed by atoms with Gasteiger partial charge in [0, 0.05) is 24.8 Å². The van der Waals surface area contributed by atoms with Gasteiger partial charge in [-0.15, -0.1) is 0 Å². The van der Waals surface area contributed by atoms with Crippen LogP contribution in [0.4, 0.5) is 0 Å². The van der Waals surface area contributed by atoms with Crippen molar-refractivity contribution in [2.24, 2.45) is 0 Å². The molecule has 4 nitrogen and oxygen atoms in total. The SMILES string of the molecule is CCCCCCCCOCc1cc(CNC(C)(C)C)no1. The summed E-state index contributed by atoms with van der Waals surface area (Å²) in [7, 11) is 0. The molecule has 0 aliphatic heterocycles. The first-order chi connectivity index (χ1) is 10.0. The topological polar surface area (TPSA) is 47.3 Å². The molecule has 0 amide bonds. The Morgan fingerprint density at radius 3 is 2.57 bits per heavy atom. The molecule has 0 saturated heterocycles. The number of hydrogen-bond acceptors (Lipinski definition) is 4. The van der Waals surface area contributed by atoms with Crippen molar-refractivity contribution < 1.29 is 9.26 Å². The third-order valence-electron chi connectivity index (χ3n) is 3.29. The molecule has 0 saturated carbocycles. The molecular formula is C17H32N2O2. The first kappa shape index (κ1) is 18.2. The van der Waals surface area contributed by atoms with E-state index >= 15 is 0 Å². The van der Waals surface area contributed by atoms with E-state index in [-0.39, 0.29) is 5.54 Å².